The van der Waals surface area contributed by atoms with Gasteiger partial charge < -0.3 is 0 Å². The van der Waals surface area contributed by atoms with Gasteiger partial charge in [-0.2, -0.15) is 0 Å². The average Bonchev–Trinajstić information content (AvgIpc) is 0.730. The molecule has 0 fully saturated rings. The molecule has 4 nitrogen and oxygen atoms in total. The second-order valence-electron chi connectivity index (χ2n) is 41.2. The molecule has 0 radical (unpaired) electrons. The maximum absolute atomic E-state index is 9.24. The highest BCUT2D eigenvalue weighted by atomic mass is 28.3. The minimum absolute atomic E-state index is 0.0591. The highest BCUT2D eigenvalue weighted by Crippen LogP contribution is 2.38. The number of aryl methyl sites for hydroxylation is 16. The Morgan fingerprint density at radius 2 is 0.513 bits per heavy atom. The molecule has 0 spiro atoms. The first-order valence-corrected chi connectivity index (χ1v) is 56.7. The summed E-state index contributed by atoms with van der Waals surface area (Å²) in [5.41, 5.74) is 29.7. The van der Waals surface area contributed by atoms with Crippen LogP contribution in [0.4, 0.5) is 0 Å². The van der Waals surface area contributed by atoms with Crippen molar-refractivity contribution in [3.8, 4) is 89.5 Å². The second-order valence-corrected chi connectivity index (χ2v) is 61.4. The Kier molecular flexibility index (Phi) is 24.0. The zero-order chi connectivity index (χ0) is 98.9. The Morgan fingerprint density at radius 3 is 0.807 bits per heavy atom. The van der Waals surface area contributed by atoms with E-state index in [0.29, 0.717) is 16.7 Å². The van der Waals surface area contributed by atoms with E-state index < -0.39 is 81.4 Å². The number of rotatable bonds is 15. The summed E-state index contributed by atoms with van der Waals surface area (Å²) >= 11 is 0. The molecule has 0 N–H and O–H groups in total. The molecule has 0 atom stereocenters. The van der Waals surface area contributed by atoms with Crippen molar-refractivity contribution in [3.63, 3.8) is 0 Å². The van der Waals surface area contributed by atoms with Crippen molar-refractivity contribution >= 4 is 53.0 Å². The third-order valence-corrected chi connectivity index (χ3v) is 30.2. The van der Waals surface area contributed by atoms with Crippen LogP contribution < -0.4 is 39.0 Å². The van der Waals surface area contributed by atoms with Crippen molar-refractivity contribution in [1.29, 1.82) is 0 Å². The van der Waals surface area contributed by atoms with Gasteiger partial charge in [-0.3, -0.25) is 0 Å². The van der Waals surface area contributed by atoms with Crippen LogP contribution in [0.1, 0.15) is 162 Å². The summed E-state index contributed by atoms with van der Waals surface area (Å²) in [5, 5.41) is 5.77. The number of benzene rings is 8. The molecule has 0 bridgehead atoms. The van der Waals surface area contributed by atoms with E-state index in [2.05, 4.69) is 316 Å². The normalized spacial score (nSPS) is 14.2. The average molecular weight is 1660 g/mol. The first-order valence-electron chi connectivity index (χ1n) is 48.7. The van der Waals surface area contributed by atoms with E-state index in [1.54, 1.807) is 18.5 Å². The van der Waals surface area contributed by atoms with Gasteiger partial charge in [-0.25, -0.2) is 18.3 Å². The maximum atomic E-state index is 9.24. The smallest absolute Gasteiger partial charge is 0.201 e. The van der Waals surface area contributed by atoms with E-state index in [-0.39, 0.29) is 11.1 Å². The first kappa shape index (κ1) is 77.5. The van der Waals surface area contributed by atoms with E-state index in [9.17, 15) is 2.74 Å². The molecule has 8 heteroatoms. The van der Waals surface area contributed by atoms with Crippen LogP contribution in [0.3, 0.4) is 0 Å². The first-order chi connectivity index (χ1) is 59.7. The van der Waals surface area contributed by atoms with E-state index in [1.807, 2.05) is 122 Å². The van der Waals surface area contributed by atoms with E-state index in [4.69, 9.17) is 13.7 Å². The van der Waals surface area contributed by atoms with Gasteiger partial charge >= 0.3 is 0 Å². The molecular weight excluding hydrogens is 1500 g/mol. The summed E-state index contributed by atoms with van der Waals surface area (Å²) in [6.07, 6.45) is 2.01. The molecule has 0 aliphatic rings. The van der Waals surface area contributed by atoms with E-state index >= 15 is 0 Å². The number of pyridine rings is 4. The quantitative estimate of drug-likeness (QED) is 0.0718. The zero-order valence-electron chi connectivity index (χ0n) is 91.3. The Balaban J connectivity index is 0.000000199. The molecule has 12 aromatic rings. The van der Waals surface area contributed by atoms with Gasteiger partial charge in [-0.05, 0) is 232 Å². The monoisotopic (exact) mass is 1660 g/mol. The van der Waals surface area contributed by atoms with Crippen LogP contribution in [0.15, 0.2) is 201 Å². The van der Waals surface area contributed by atoms with Crippen LogP contribution in [0.25, 0.3) is 89.5 Å². The number of aromatic nitrogens is 4. The SMILES string of the molecule is Cc1ccc(-c2cc(-c3cc(C)cc[n+]3C)c(C)cc2[Si](C)(C)C)cc1.[2H]C([2H])([2H])c1c[n+](C)c(-c2cc(-c3ccc(C)cc3)c([Si](C)(C)C)cc2C)cc1C.[2H]C([2H])([2H])c1c[n+](C)c(-c2cc(-c3ccc(C)cc3)c([Si](C)(C)C)cc2C)cc1C([2H])([2H])C(C)(C)C.[2H]C([2H])(c1cc(-c2cc(-c3ccc(C)cc3)c([Si](C)(C)C)cc2C)[n+](C)cc1C([2H])([2H])C(C)(C)C)C(C)(C)C. The molecule has 4 aromatic heterocycles. The lowest BCUT2D eigenvalue weighted by atomic mass is 9.81. The molecule has 8 aromatic carbocycles. The van der Waals surface area contributed by atoms with Gasteiger partial charge in [0.2, 0.25) is 22.8 Å². The Labute approximate surface area is 744 Å². The van der Waals surface area contributed by atoms with Crippen LogP contribution in [-0.2, 0) is 47.3 Å². The highest BCUT2D eigenvalue weighted by Gasteiger charge is 2.32. The van der Waals surface area contributed by atoms with Gasteiger partial charge in [0.05, 0.1) is 32.3 Å². The fraction of sp³-hybridized carbons (Fsp3) is 0.387. The second kappa shape index (κ2) is 36.9. The molecular formula is C111H150N4Si4+4. The van der Waals surface area contributed by atoms with E-state index in [0.717, 1.165) is 56.0 Å². The maximum Gasteiger partial charge on any atom is 0.212 e. The topological polar surface area (TPSA) is 15.5 Å². The minimum Gasteiger partial charge on any atom is -0.201 e. The van der Waals surface area contributed by atoms with Crippen LogP contribution in [-0.4, -0.2) is 32.3 Å². The number of hydrogen-bond acceptors (Lipinski definition) is 0. The van der Waals surface area contributed by atoms with Crippen molar-refractivity contribution in [1.82, 2.24) is 0 Å². The molecule has 0 saturated carbocycles. The summed E-state index contributed by atoms with van der Waals surface area (Å²) in [7, 11) is 1.46. The fourth-order valence-corrected chi connectivity index (χ4v) is 22.3. The summed E-state index contributed by atoms with van der Waals surface area (Å²) in [5.74, 6) is 0. The standard InChI is InChI=1S/C33H48NSi.C29H40NSi.C25H32NSi.C24H30NSi/c1-23-13-15-25(16-14-23)29-19-28(24(2)17-31(29)35(10,11)12)30-18-26(20-32(3,4)5)27(22-34(30)9)21-33(6,7)8;1-20-11-13-23(14-12-20)26-17-25(21(2)15-28(26)31(8,9)10)27-16-24(18-29(4,5)6)22(3)19-30(27)7;1-17-9-11-21(12-10-17)23-15-22(19(3)14-25(23)27(6,7)8)24-13-18(2)20(4)16-26(24)5;1-17-8-10-20(11-9-17)22-16-21(19(3)15-24(22)26(5,6)7)23-14-18(2)12-13-25(23)4/h13-19,22H,20-21H2,1-12H3;11-17,19H,18H2,1-10H3;9-16H,1-8H3;8-16H,1-7H3/q4*+1/i20D2,21D2;3D3,18D2;4D3;. The fourth-order valence-electron chi connectivity index (χ4n) is 15.6. The molecule has 0 amide bonds. The molecule has 0 aliphatic carbocycles. The predicted molar refractivity (Wildman–Crippen MR) is 532 cm³/mol. The van der Waals surface area contributed by atoms with Crippen molar-refractivity contribution < 1.29 is 34.7 Å². The summed E-state index contributed by atoms with van der Waals surface area (Å²) < 4.78 is 110. The van der Waals surface area contributed by atoms with Gasteiger partial charge in [-0.1, -0.05) is 305 Å². The highest BCUT2D eigenvalue weighted by molar-refractivity contribution is 6.91. The molecule has 12 rings (SSSR count). The minimum atomic E-state index is -2.42. The Hall–Kier alpha value is -8.77. The molecule has 119 heavy (non-hydrogen) atoms. The third-order valence-electron chi connectivity index (χ3n) is 22.1. The van der Waals surface area contributed by atoms with Crippen LogP contribution in [0.5, 0.6) is 0 Å². The lowest BCUT2D eigenvalue weighted by Crippen LogP contribution is -2.39. The lowest BCUT2D eigenvalue weighted by molar-refractivity contribution is -0.661. The van der Waals surface area contributed by atoms with Gasteiger partial charge in [0.15, 0.2) is 24.8 Å². The molecule has 0 unspecified atom stereocenters. The molecule has 0 saturated heterocycles. The molecule has 4 heterocycles. The third kappa shape index (κ3) is 24.3. The van der Waals surface area contributed by atoms with Gasteiger partial charge in [0.1, 0.15) is 28.2 Å². The molecule has 0 aliphatic heterocycles. The van der Waals surface area contributed by atoms with E-state index in [1.165, 1.54) is 110 Å². The predicted octanol–water partition coefficient (Wildman–Crippen LogP) is 26.0. The van der Waals surface area contributed by atoms with Crippen LogP contribution in [0.2, 0.25) is 78.6 Å². The molecule has 626 valence electrons. The van der Waals surface area contributed by atoms with Crippen molar-refractivity contribution in [2.45, 2.75) is 243 Å². The van der Waals surface area contributed by atoms with Gasteiger partial charge in [0, 0.05) is 85.7 Å². The number of nitrogens with zero attached hydrogens (tertiary/aromatic N) is 4. The summed E-state index contributed by atoms with van der Waals surface area (Å²) in [6, 6.07) is 63.8. The summed E-state index contributed by atoms with van der Waals surface area (Å²) in [4.78, 5) is 0. The van der Waals surface area contributed by atoms with Gasteiger partial charge in [-0.15, -0.1) is 0 Å². The van der Waals surface area contributed by atoms with Gasteiger partial charge in [0.25, 0.3) is 0 Å². The Morgan fingerprint density at radius 1 is 0.252 bits per heavy atom. The van der Waals surface area contributed by atoms with Crippen molar-refractivity contribution in [3.05, 3.63) is 284 Å². The number of hydrogen-bond donors (Lipinski definition) is 0. The van der Waals surface area contributed by atoms with Crippen molar-refractivity contribution in [2.24, 2.45) is 44.4 Å². The summed E-state index contributed by atoms with van der Waals surface area (Å²) in [6.45, 7) is 62.0. The zero-order valence-corrected chi connectivity index (χ0v) is 83.3. The lowest BCUT2D eigenvalue weighted by Gasteiger charge is -2.25. The van der Waals surface area contributed by atoms with Crippen molar-refractivity contribution in [2.75, 3.05) is 0 Å². The van der Waals surface area contributed by atoms with Crippen LogP contribution >= 0.6 is 0 Å². The largest absolute Gasteiger partial charge is 0.212 e. The Bertz CT molecular complexity index is 6190. The van der Waals surface area contributed by atoms with Crippen LogP contribution in [0, 0.1) is 99.2 Å².